The Morgan fingerprint density at radius 1 is 1.19 bits per heavy atom. The molecule has 0 radical (unpaired) electrons. The van der Waals surface area contributed by atoms with Gasteiger partial charge in [0.2, 0.25) is 0 Å². The molecule has 1 atom stereocenters. The highest BCUT2D eigenvalue weighted by Gasteiger charge is 2.18. The fraction of sp³-hybridized carbons (Fsp3) is 0.609. The van der Waals surface area contributed by atoms with Gasteiger partial charge in [0.05, 0.1) is 0 Å². The van der Waals surface area contributed by atoms with E-state index in [1.807, 2.05) is 6.20 Å². The fourth-order valence-electron chi connectivity index (χ4n) is 4.30. The molecule has 1 aliphatic rings. The molecule has 0 saturated carbocycles. The van der Waals surface area contributed by atoms with Crippen LogP contribution in [-0.4, -0.2) is 46.0 Å². The number of hydrogen-bond donors (Lipinski definition) is 0. The van der Waals surface area contributed by atoms with E-state index in [1.165, 1.54) is 48.2 Å². The van der Waals surface area contributed by atoms with Crippen molar-refractivity contribution >= 4 is 0 Å². The van der Waals surface area contributed by atoms with Gasteiger partial charge >= 0.3 is 0 Å². The molecule has 1 aromatic carbocycles. The van der Waals surface area contributed by atoms with Gasteiger partial charge in [-0.1, -0.05) is 24.6 Å². The molecule has 0 unspecified atom stereocenters. The van der Waals surface area contributed by atoms with Crippen molar-refractivity contribution in [2.24, 2.45) is 5.92 Å². The third-order valence-electron chi connectivity index (χ3n) is 5.99. The highest BCUT2D eigenvalue weighted by atomic mass is 15.1. The maximum absolute atomic E-state index is 4.32. The average molecular weight is 369 g/mol. The van der Waals surface area contributed by atoms with Crippen LogP contribution in [0.5, 0.6) is 0 Å². The smallest absolute Gasteiger partial charge is 0.105 e. The first-order valence-corrected chi connectivity index (χ1v) is 10.4. The Morgan fingerprint density at radius 2 is 1.96 bits per heavy atom. The van der Waals surface area contributed by atoms with Crippen LogP contribution in [0.4, 0.5) is 0 Å². The second-order valence-corrected chi connectivity index (χ2v) is 8.60. The van der Waals surface area contributed by atoms with Crippen molar-refractivity contribution in [3.63, 3.8) is 0 Å². The van der Waals surface area contributed by atoms with Gasteiger partial charge in [-0.15, -0.1) is 0 Å². The Balaban J connectivity index is 1.64. The molecule has 4 nitrogen and oxygen atoms in total. The standard InChI is InChI=1S/C23H36N4/c1-18-7-6-9-26(15-18)17-23-14-19(2)13-22(20(23)3)16-25(5)11-12-27-10-8-24-21(27)4/h8,10,13-14,18H,6-7,9,11-12,15-17H2,1-5H3/t18-/m1/s1. The summed E-state index contributed by atoms with van der Waals surface area (Å²) in [5.41, 5.74) is 5.84. The van der Waals surface area contributed by atoms with Crippen molar-refractivity contribution < 1.29 is 0 Å². The Hall–Kier alpha value is -1.65. The molecule has 1 aliphatic heterocycles. The van der Waals surface area contributed by atoms with Gasteiger partial charge in [-0.05, 0) is 69.8 Å². The summed E-state index contributed by atoms with van der Waals surface area (Å²) in [6, 6.07) is 4.77. The third-order valence-corrected chi connectivity index (χ3v) is 5.99. The first-order chi connectivity index (χ1) is 12.9. The lowest BCUT2D eigenvalue weighted by Crippen LogP contribution is -2.34. The predicted octanol–water partition coefficient (Wildman–Crippen LogP) is 4.17. The summed E-state index contributed by atoms with van der Waals surface area (Å²) in [5, 5.41) is 0. The average Bonchev–Trinajstić information content (AvgIpc) is 3.02. The molecule has 0 spiro atoms. The molecule has 1 aromatic heterocycles. The van der Waals surface area contributed by atoms with Gasteiger partial charge in [-0.3, -0.25) is 4.90 Å². The maximum Gasteiger partial charge on any atom is 0.105 e. The number of rotatable bonds is 7. The van der Waals surface area contributed by atoms with Crippen LogP contribution in [-0.2, 0) is 19.6 Å². The number of aromatic nitrogens is 2. The van der Waals surface area contributed by atoms with Crippen LogP contribution in [0.1, 0.15) is 47.8 Å². The molecular weight excluding hydrogens is 332 g/mol. The zero-order valence-corrected chi connectivity index (χ0v) is 17.8. The summed E-state index contributed by atoms with van der Waals surface area (Å²) >= 11 is 0. The summed E-state index contributed by atoms with van der Waals surface area (Å²) in [7, 11) is 2.22. The number of piperidine rings is 1. The third kappa shape index (κ3) is 5.43. The normalized spacial score (nSPS) is 18.4. The second-order valence-electron chi connectivity index (χ2n) is 8.60. The SMILES string of the molecule is Cc1cc(CN(C)CCn2ccnc2C)c(C)c(CN2CCC[C@@H](C)C2)c1. The van der Waals surface area contributed by atoms with Gasteiger partial charge in [0.25, 0.3) is 0 Å². The molecule has 148 valence electrons. The number of likely N-dealkylation sites (tertiary alicyclic amines) is 1. The Labute approximate surface area is 165 Å². The minimum absolute atomic E-state index is 0.834. The quantitative estimate of drug-likeness (QED) is 0.733. The van der Waals surface area contributed by atoms with E-state index in [0.29, 0.717) is 0 Å². The highest BCUT2D eigenvalue weighted by Crippen LogP contribution is 2.23. The summed E-state index contributed by atoms with van der Waals surface area (Å²) in [4.78, 5) is 9.39. The molecule has 1 fully saturated rings. The topological polar surface area (TPSA) is 24.3 Å². The first kappa shape index (κ1) is 20.1. The van der Waals surface area contributed by atoms with E-state index in [9.17, 15) is 0 Å². The van der Waals surface area contributed by atoms with Gasteiger partial charge in [-0.2, -0.15) is 0 Å². The van der Waals surface area contributed by atoms with Crippen LogP contribution in [0.25, 0.3) is 0 Å². The molecule has 3 rings (SSSR count). The van der Waals surface area contributed by atoms with Crippen molar-refractivity contribution in [2.45, 2.75) is 60.2 Å². The molecule has 1 saturated heterocycles. The lowest BCUT2D eigenvalue weighted by atomic mass is 9.96. The van der Waals surface area contributed by atoms with Crippen LogP contribution in [0.3, 0.4) is 0 Å². The number of likely N-dealkylation sites (N-methyl/N-ethyl adjacent to an activating group) is 1. The number of hydrogen-bond acceptors (Lipinski definition) is 3. The van der Waals surface area contributed by atoms with E-state index in [-0.39, 0.29) is 0 Å². The van der Waals surface area contributed by atoms with E-state index in [2.05, 4.69) is 72.4 Å². The summed E-state index contributed by atoms with van der Waals surface area (Å²) < 4.78 is 2.22. The molecule has 2 aromatic rings. The van der Waals surface area contributed by atoms with Gasteiger partial charge < -0.3 is 9.47 Å². The Bertz CT molecular complexity index is 749. The summed E-state index contributed by atoms with van der Waals surface area (Å²) in [5.74, 6) is 1.93. The minimum atomic E-state index is 0.834. The van der Waals surface area contributed by atoms with Crippen LogP contribution in [0, 0.1) is 26.7 Å². The number of imidazole rings is 1. The largest absolute Gasteiger partial charge is 0.334 e. The van der Waals surface area contributed by atoms with Crippen LogP contribution in [0.15, 0.2) is 24.5 Å². The zero-order valence-electron chi connectivity index (χ0n) is 17.8. The molecule has 0 bridgehead atoms. The molecule has 2 heterocycles. The lowest BCUT2D eigenvalue weighted by molar-refractivity contribution is 0.176. The number of benzene rings is 1. The van der Waals surface area contributed by atoms with Crippen molar-refractivity contribution in [3.8, 4) is 0 Å². The van der Waals surface area contributed by atoms with E-state index in [4.69, 9.17) is 0 Å². The summed E-state index contributed by atoms with van der Waals surface area (Å²) in [6.45, 7) is 15.6. The molecule has 4 heteroatoms. The Kier molecular flexibility index (Phi) is 6.72. The molecular formula is C23H36N4. The van der Waals surface area contributed by atoms with Crippen molar-refractivity contribution in [1.29, 1.82) is 0 Å². The number of aryl methyl sites for hydroxylation is 2. The van der Waals surface area contributed by atoms with E-state index < -0.39 is 0 Å². The minimum Gasteiger partial charge on any atom is -0.334 e. The second kappa shape index (κ2) is 9.03. The highest BCUT2D eigenvalue weighted by molar-refractivity contribution is 5.38. The van der Waals surface area contributed by atoms with E-state index >= 15 is 0 Å². The van der Waals surface area contributed by atoms with Crippen molar-refractivity contribution in [2.75, 3.05) is 26.7 Å². The molecule has 27 heavy (non-hydrogen) atoms. The van der Waals surface area contributed by atoms with Crippen LogP contribution >= 0.6 is 0 Å². The van der Waals surface area contributed by atoms with Gasteiger partial charge in [-0.25, -0.2) is 4.98 Å². The van der Waals surface area contributed by atoms with Crippen molar-refractivity contribution in [1.82, 2.24) is 19.4 Å². The fourth-order valence-corrected chi connectivity index (χ4v) is 4.30. The van der Waals surface area contributed by atoms with Crippen molar-refractivity contribution in [3.05, 3.63) is 52.6 Å². The maximum atomic E-state index is 4.32. The van der Waals surface area contributed by atoms with Crippen LogP contribution < -0.4 is 0 Å². The van der Waals surface area contributed by atoms with Crippen LogP contribution in [0.2, 0.25) is 0 Å². The molecule has 0 aliphatic carbocycles. The predicted molar refractivity (Wildman–Crippen MR) is 113 cm³/mol. The van der Waals surface area contributed by atoms with E-state index in [0.717, 1.165) is 37.9 Å². The summed E-state index contributed by atoms with van der Waals surface area (Å²) in [6.07, 6.45) is 6.68. The lowest BCUT2D eigenvalue weighted by Gasteiger charge is -2.31. The molecule has 0 N–H and O–H groups in total. The first-order valence-electron chi connectivity index (χ1n) is 10.4. The Morgan fingerprint density at radius 3 is 2.67 bits per heavy atom. The molecule has 0 amide bonds. The van der Waals surface area contributed by atoms with Gasteiger partial charge in [0.1, 0.15) is 5.82 Å². The van der Waals surface area contributed by atoms with Gasteiger partial charge in [0.15, 0.2) is 0 Å². The number of nitrogens with zero attached hydrogens (tertiary/aromatic N) is 4. The van der Waals surface area contributed by atoms with E-state index in [1.54, 1.807) is 0 Å². The monoisotopic (exact) mass is 368 g/mol. The zero-order chi connectivity index (χ0) is 19.4. The van der Waals surface area contributed by atoms with Gasteiger partial charge in [0, 0.05) is 45.1 Å².